The van der Waals surface area contributed by atoms with Crippen molar-refractivity contribution in [1.82, 2.24) is 4.90 Å². The molecule has 2 atom stereocenters. The average Bonchev–Trinajstić information content (AvgIpc) is 2.53. The lowest BCUT2D eigenvalue weighted by atomic mass is 10.1. The monoisotopic (exact) mass is 153 g/mol. The van der Waals surface area contributed by atoms with E-state index >= 15 is 0 Å². The van der Waals surface area contributed by atoms with Crippen molar-refractivity contribution >= 4 is 11.8 Å². The number of hydrogen-bond donors (Lipinski definition) is 0. The number of azo groups is 1. The van der Waals surface area contributed by atoms with E-state index in [0.717, 1.165) is 4.90 Å². The number of fused-ring (bicyclic) bond motifs is 1. The summed E-state index contributed by atoms with van der Waals surface area (Å²) >= 11 is 0. The molecule has 0 aromatic carbocycles. The SMILES string of the molecule is CN1C(=O)[C@H]2N=NC[C@H]2C1=O. The summed E-state index contributed by atoms with van der Waals surface area (Å²) in [5.74, 6) is -0.668. The number of rotatable bonds is 0. The smallest absolute Gasteiger partial charge is 0.256 e. The molecule has 2 rings (SSSR count). The third-order valence-electron chi connectivity index (χ3n) is 2.10. The maximum Gasteiger partial charge on any atom is 0.256 e. The van der Waals surface area contributed by atoms with Gasteiger partial charge in [-0.1, -0.05) is 0 Å². The molecule has 2 amide bonds. The first-order valence-electron chi connectivity index (χ1n) is 3.40. The normalized spacial score (nSPS) is 35.2. The molecule has 0 saturated carbocycles. The quantitative estimate of drug-likeness (QED) is 0.438. The van der Waals surface area contributed by atoms with Crippen molar-refractivity contribution in [1.29, 1.82) is 0 Å². The van der Waals surface area contributed by atoms with Gasteiger partial charge in [0.2, 0.25) is 5.91 Å². The Morgan fingerprint density at radius 1 is 1.45 bits per heavy atom. The second-order valence-corrected chi connectivity index (χ2v) is 2.73. The highest BCUT2D eigenvalue weighted by molar-refractivity contribution is 6.07. The van der Waals surface area contributed by atoms with Gasteiger partial charge in [0.15, 0.2) is 6.04 Å². The van der Waals surface area contributed by atoms with Crippen molar-refractivity contribution in [3.63, 3.8) is 0 Å². The van der Waals surface area contributed by atoms with Crippen LogP contribution in [-0.2, 0) is 9.59 Å². The van der Waals surface area contributed by atoms with Crippen molar-refractivity contribution in [2.45, 2.75) is 6.04 Å². The van der Waals surface area contributed by atoms with Gasteiger partial charge < -0.3 is 0 Å². The zero-order valence-corrected chi connectivity index (χ0v) is 6.02. The first-order chi connectivity index (χ1) is 5.22. The van der Waals surface area contributed by atoms with Gasteiger partial charge in [-0.3, -0.25) is 14.5 Å². The maximum absolute atomic E-state index is 11.2. The van der Waals surface area contributed by atoms with Gasteiger partial charge in [0.05, 0.1) is 12.5 Å². The molecular formula is C6H7N3O2. The van der Waals surface area contributed by atoms with Gasteiger partial charge in [0.25, 0.3) is 5.91 Å². The molecule has 2 aliphatic heterocycles. The number of likely N-dealkylation sites (tertiary alicyclic amines) is 1. The van der Waals surface area contributed by atoms with Crippen LogP contribution >= 0.6 is 0 Å². The topological polar surface area (TPSA) is 62.1 Å². The van der Waals surface area contributed by atoms with E-state index in [9.17, 15) is 9.59 Å². The van der Waals surface area contributed by atoms with E-state index in [0.29, 0.717) is 6.54 Å². The van der Waals surface area contributed by atoms with Crippen molar-refractivity contribution in [3.05, 3.63) is 0 Å². The molecule has 5 heteroatoms. The zero-order chi connectivity index (χ0) is 8.01. The van der Waals surface area contributed by atoms with Crippen LogP contribution in [0.2, 0.25) is 0 Å². The Bertz CT molecular complexity index is 261. The zero-order valence-electron chi connectivity index (χ0n) is 6.02. The second-order valence-electron chi connectivity index (χ2n) is 2.73. The fourth-order valence-electron chi connectivity index (χ4n) is 1.39. The van der Waals surface area contributed by atoms with Crippen LogP contribution in [0, 0.1) is 5.92 Å². The van der Waals surface area contributed by atoms with Gasteiger partial charge in [-0.05, 0) is 0 Å². The molecule has 0 N–H and O–H groups in total. The highest BCUT2D eigenvalue weighted by Gasteiger charge is 2.48. The third kappa shape index (κ3) is 0.649. The summed E-state index contributed by atoms with van der Waals surface area (Å²) in [5, 5.41) is 7.35. The van der Waals surface area contributed by atoms with E-state index in [2.05, 4.69) is 10.2 Å². The Kier molecular flexibility index (Phi) is 1.10. The lowest BCUT2D eigenvalue weighted by molar-refractivity contribution is -0.137. The van der Waals surface area contributed by atoms with Gasteiger partial charge in [-0.15, -0.1) is 0 Å². The molecule has 58 valence electrons. The van der Waals surface area contributed by atoms with Crippen LogP contribution in [0.5, 0.6) is 0 Å². The van der Waals surface area contributed by atoms with Crippen molar-refractivity contribution in [3.8, 4) is 0 Å². The van der Waals surface area contributed by atoms with Gasteiger partial charge in [0.1, 0.15) is 0 Å². The van der Waals surface area contributed by atoms with E-state index in [-0.39, 0.29) is 17.7 Å². The number of amides is 2. The van der Waals surface area contributed by atoms with Crippen LogP contribution in [0.4, 0.5) is 0 Å². The summed E-state index contributed by atoms with van der Waals surface area (Å²) in [6, 6.07) is -0.507. The minimum Gasteiger partial charge on any atom is -0.283 e. The molecule has 5 nitrogen and oxygen atoms in total. The fourth-order valence-corrected chi connectivity index (χ4v) is 1.39. The lowest BCUT2D eigenvalue weighted by Crippen LogP contribution is -2.27. The van der Waals surface area contributed by atoms with E-state index in [4.69, 9.17) is 0 Å². The molecule has 1 saturated heterocycles. The minimum absolute atomic E-state index is 0.148. The molecular weight excluding hydrogens is 146 g/mol. The highest BCUT2D eigenvalue weighted by Crippen LogP contribution is 2.26. The van der Waals surface area contributed by atoms with Crippen LogP contribution in [-0.4, -0.2) is 36.3 Å². The van der Waals surface area contributed by atoms with Crippen LogP contribution in [0.3, 0.4) is 0 Å². The average molecular weight is 153 g/mol. The highest BCUT2D eigenvalue weighted by atomic mass is 16.2. The minimum atomic E-state index is -0.507. The Labute approximate surface area is 63.1 Å². The molecule has 2 aliphatic rings. The van der Waals surface area contributed by atoms with Crippen molar-refractivity contribution in [2.24, 2.45) is 16.1 Å². The maximum atomic E-state index is 11.2. The first-order valence-corrected chi connectivity index (χ1v) is 3.40. The predicted molar refractivity (Wildman–Crippen MR) is 34.8 cm³/mol. The van der Waals surface area contributed by atoms with Gasteiger partial charge in [0, 0.05) is 7.05 Å². The number of nitrogens with zero attached hydrogens (tertiary/aromatic N) is 3. The summed E-state index contributed by atoms with van der Waals surface area (Å²) in [4.78, 5) is 23.5. The largest absolute Gasteiger partial charge is 0.283 e. The van der Waals surface area contributed by atoms with Gasteiger partial charge >= 0.3 is 0 Å². The number of imide groups is 1. The number of hydrogen-bond acceptors (Lipinski definition) is 4. The van der Waals surface area contributed by atoms with Crippen molar-refractivity contribution < 1.29 is 9.59 Å². The molecule has 0 bridgehead atoms. The first kappa shape index (κ1) is 6.45. The summed E-state index contributed by atoms with van der Waals surface area (Å²) in [7, 11) is 1.48. The number of carbonyl (C=O) groups excluding carboxylic acids is 2. The molecule has 0 unspecified atom stereocenters. The van der Waals surface area contributed by atoms with Crippen molar-refractivity contribution in [2.75, 3.05) is 13.6 Å². The molecule has 2 heterocycles. The summed E-state index contributed by atoms with van der Waals surface area (Å²) < 4.78 is 0. The molecule has 0 aliphatic carbocycles. The van der Waals surface area contributed by atoms with E-state index < -0.39 is 6.04 Å². The summed E-state index contributed by atoms with van der Waals surface area (Å²) in [6.45, 7) is 0.375. The van der Waals surface area contributed by atoms with Crippen LogP contribution in [0.25, 0.3) is 0 Å². The van der Waals surface area contributed by atoms with Crippen LogP contribution in [0.1, 0.15) is 0 Å². The Balaban J connectivity index is 2.36. The van der Waals surface area contributed by atoms with Crippen LogP contribution < -0.4 is 0 Å². The predicted octanol–water partition coefficient (Wildman–Crippen LogP) is -0.564. The Morgan fingerprint density at radius 2 is 2.18 bits per heavy atom. The summed E-state index contributed by atoms with van der Waals surface area (Å²) in [6.07, 6.45) is 0. The van der Waals surface area contributed by atoms with Gasteiger partial charge in [-0.2, -0.15) is 10.2 Å². The second kappa shape index (κ2) is 1.87. The standard InChI is InChI=1S/C6H7N3O2/c1-9-5(10)3-2-7-8-4(3)6(9)11/h3-4H,2H2,1H3/t3-,4+/m1/s1. The Hall–Kier alpha value is -1.26. The molecule has 11 heavy (non-hydrogen) atoms. The summed E-state index contributed by atoms with van der Waals surface area (Å²) in [5.41, 5.74) is 0. The molecule has 0 aromatic heterocycles. The Morgan fingerprint density at radius 3 is 2.82 bits per heavy atom. The molecule has 0 radical (unpaired) electrons. The number of carbonyl (C=O) groups is 2. The van der Waals surface area contributed by atoms with E-state index in [1.165, 1.54) is 7.05 Å². The lowest BCUT2D eigenvalue weighted by Gasteiger charge is -2.04. The molecule has 1 fully saturated rings. The number of likely N-dealkylation sites (N-methyl/N-ethyl adjacent to an activating group) is 1. The molecule has 0 aromatic rings. The fraction of sp³-hybridized carbons (Fsp3) is 0.667. The van der Waals surface area contributed by atoms with Crippen LogP contribution in [0.15, 0.2) is 10.2 Å². The third-order valence-corrected chi connectivity index (χ3v) is 2.10. The molecule has 0 spiro atoms. The van der Waals surface area contributed by atoms with Gasteiger partial charge in [-0.25, -0.2) is 0 Å². The van der Waals surface area contributed by atoms with E-state index in [1.807, 2.05) is 0 Å². The van der Waals surface area contributed by atoms with E-state index in [1.54, 1.807) is 0 Å².